The molecule has 1 aliphatic heterocycles. The van der Waals surface area contributed by atoms with E-state index in [-0.39, 0.29) is 23.8 Å². The lowest BCUT2D eigenvalue weighted by Crippen LogP contribution is -2.43. The van der Waals surface area contributed by atoms with Crippen molar-refractivity contribution in [3.8, 4) is 5.75 Å². The van der Waals surface area contributed by atoms with Crippen molar-refractivity contribution in [3.05, 3.63) is 66.0 Å². The molecular formula is C17H18FNO2. The smallest absolute Gasteiger partial charge is 0.165 e. The van der Waals surface area contributed by atoms with E-state index in [4.69, 9.17) is 9.47 Å². The van der Waals surface area contributed by atoms with Crippen molar-refractivity contribution in [2.45, 2.75) is 12.2 Å². The number of nitrogens with one attached hydrogen (secondary N) is 1. The highest BCUT2D eigenvalue weighted by Crippen LogP contribution is 2.28. The van der Waals surface area contributed by atoms with Gasteiger partial charge in [-0.05, 0) is 17.7 Å². The fourth-order valence-electron chi connectivity index (χ4n) is 2.46. The van der Waals surface area contributed by atoms with Crippen LogP contribution in [0.5, 0.6) is 5.75 Å². The fourth-order valence-corrected chi connectivity index (χ4v) is 2.46. The van der Waals surface area contributed by atoms with Crippen LogP contribution in [-0.4, -0.2) is 25.8 Å². The van der Waals surface area contributed by atoms with Crippen molar-refractivity contribution < 1.29 is 13.9 Å². The highest BCUT2D eigenvalue weighted by Gasteiger charge is 2.28. The zero-order valence-electron chi connectivity index (χ0n) is 11.7. The van der Waals surface area contributed by atoms with E-state index < -0.39 is 0 Å². The lowest BCUT2D eigenvalue weighted by molar-refractivity contribution is -0.0442. The summed E-state index contributed by atoms with van der Waals surface area (Å²) in [6, 6.07) is 16.3. The van der Waals surface area contributed by atoms with Gasteiger partial charge in [-0.1, -0.05) is 42.5 Å². The van der Waals surface area contributed by atoms with Crippen molar-refractivity contribution in [2.75, 3.05) is 19.7 Å². The molecule has 1 aliphatic rings. The predicted molar refractivity (Wildman–Crippen MR) is 78.8 cm³/mol. The molecule has 2 atom stereocenters. The topological polar surface area (TPSA) is 30.5 Å². The summed E-state index contributed by atoms with van der Waals surface area (Å²) < 4.78 is 25.6. The van der Waals surface area contributed by atoms with Gasteiger partial charge in [0.2, 0.25) is 0 Å². The number of hydrogen-bond acceptors (Lipinski definition) is 3. The monoisotopic (exact) mass is 287 g/mol. The van der Waals surface area contributed by atoms with Crippen molar-refractivity contribution in [1.82, 2.24) is 5.32 Å². The van der Waals surface area contributed by atoms with Crippen LogP contribution in [0.1, 0.15) is 11.7 Å². The summed E-state index contributed by atoms with van der Waals surface area (Å²) in [4.78, 5) is 0. The van der Waals surface area contributed by atoms with E-state index in [1.54, 1.807) is 18.2 Å². The van der Waals surface area contributed by atoms with E-state index in [0.717, 1.165) is 12.1 Å². The third kappa shape index (κ3) is 3.40. The van der Waals surface area contributed by atoms with Gasteiger partial charge < -0.3 is 14.8 Å². The van der Waals surface area contributed by atoms with Crippen LogP contribution < -0.4 is 10.1 Å². The number of hydrogen-bond donors (Lipinski definition) is 1. The summed E-state index contributed by atoms with van der Waals surface area (Å²) in [6.07, 6.45) is -0.475. The van der Waals surface area contributed by atoms with Crippen LogP contribution in [0.25, 0.3) is 0 Å². The van der Waals surface area contributed by atoms with Crippen molar-refractivity contribution >= 4 is 0 Å². The van der Waals surface area contributed by atoms with Gasteiger partial charge in [-0.25, -0.2) is 4.39 Å². The summed E-state index contributed by atoms with van der Waals surface area (Å²) in [6.45, 7) is 2.15. The first-order valence-electron chi connectivity index (χ1n) is 7.13. The summed E-state index contributed by atoms with van der Waals surface area (Å²) in [5, 5.41) is 3.29. The molecule has 0 aliphatic carbocycles. The molecule has 3 nitrogen and oxygen atoms in total. The molecule has 1 fully saturated rings. The van der Waals surface area contributed by atoms with Crippen LogP contribution >= 0.6 is 0 Å². The summed E-state index contributed by atoms with van der Waals surface area (Å²) in [7, 11) is 0. The minimum Gasteiger partial charge on any atom is -0.480 e. The summed E-state index contributed by atoms with van der Waals surface area (Å²) >= 11 is 0. The summed E-state index contributed by atoms with van der Waals surface area (Å²) in [5.74, 6) is -0.109. The Labute approximate surface area is 123 Å². The molecule has 1 saturated heterocycles. The molecule has 2 aromatic carbocycles. The van der Waals surface area contributed by atoms with Crippen LogP contribution in [0, 0.1) is 5.82 Å². The number of para-hydroxylation sites is 1. The van der Waals surface area contributed by atoms with Gasteiger partial charge in [0, 0.05) is 13.1 Å². The van der Waals surface area contributed by atoms with Gasteiger partial charge >= 0.3 is 0 Å². The SMILES string of the molecule is Fc1ccccc1O[C@@H](c1ccccc1)[C@@H]1CNCCO1. The van der Waals surface area contributed by atoms with Gasteiger partial charge in [-0.15, -0.1) is 0 Å². The first kappa shape index (κ1) is 14.0. The standard InChI is InChI=1S/C17H18FNO2/c18-14-8-4-5-9-15(14)21-17(13-6-2-1-3-7-13)16-12-19-10-11-20-16/h1-9,16-17,19H,10-12H2/t16-,17-/m0/s1. The van der Waals surface area contributed by atoms with E-state index >= 15 is 0 Å². The van der Waals surface area contributed by atoms with Crippen LogP contribution in [0.15, 0.2) is 54.6 Å². The highest BCUT2D eigenvalue weighted by molar-refractivity contribution is 5.27. The molecule has 0 bridgehead atoms. The lowest BCUT2D eigenvalue weighted by Gasteiger charge is -2.31. The molecule has 0 radical (unpaired) electrons. The number of rotatable bonds is 4. The third-order valence-corrected chi connectivity index (χ3v) is 3.51. The molecule has 0 spiro atoms. The molecule has 0 aromatic heterocycles. The molecule has 2 aromatic rings. The van der Waals surface area contributed by atoms with Crippen LogP contribution in [0.3, 0.4) is 0 Å². The molecule has 3 rings (SSSR count). The molecule has 110 valence electrons. The Bertz CT molecular complexity index is 570. The average Bonchev–Trinajstić information content (AvgIpc) is 2.56. The Balaban J connectivity index is 1.87. The molecule has 21 heavy (non-hydrogen) atoms. The van der Waals surface area contributed by atoms with Gasteiger partial charge in [0.15, 0.2) is 17.7 Å². The number of morpholine rings is 1. The van der Waals surface area contributed by atoms with Gasteiger partial charge in [0.1, 0.15) is 6.10 Å². The maximum Gasteiger partial charge on any atom is 0.165 e. The molecule has 1 heterocycles. The number of benzene rings is 2. The van der Waals surface area contributed by atoms with Gasteiger partial charge in [0.05, 0.1) is 6.61 Å². The van der Waals surface area contributed by atoms with E-state index in [9.17, 15) is 4.39 Å². The minimum atomic E-state index is -0.359. The number of ether oxygens (including phenoxy) is 2. The van der Waals surface area contributed by atoms with Crippen LogP contribution in [0.4, 0.5) is 4.39 Å². The zero-order chi connectivity index (χ0) is 14.5. The molecular weight excluding hydrogens is 269 g/mol. The maximum absolute atomic E-state index is 13.9. The molecule has 4 heteroatoms. The predicted octanol–water partition coefficient (Wildman–Crippen LogP) is 2.93. The van der Waals surface area contributed by atoms with E-state index in [0.29, 0.717) is 13.2 Å². The van der Waals surface area contributed by atoms with Gasteiger partial charge in [0.25, 0.3) is 0 Å². The Hall–Kier alpha value is -1.91. The van der Waals surface area contributed by atoms with Crippen molar-refractivity contribution in [1.29, 1.82) is 0 Å². The van der Waals surface area contributed by atoms with Gasteiger partial charge in [-0.3, -0.25) is 0 Å². The first-order valence-corrected chi connectivity index (χ1v) is 7.13. The van der Waals surface area contributed by atoms with Crippen molar-refractivity contribution in [2.24, 2.45) is 0 Å². The van der Waals surface area contributed by atoms with Crippen molar-refractivity contribution in [3.63, 3.8) is 0 Å². The van der Waals surface area contributed by atoms with Crippen LogP contribution in [-0.2, 0) is 4.74 Å². The molecule has 0 saturated carbocycles. The van der Waals surface area contributed by atoms with E-state index in [2.05, 4.69) is 5.32 Å². The first-order chi connectivity index (χ1) is 10.3. The van der Waals surface area contributed by atoms with Gasteiger partial charge in [-0.2, -0.15) is 0 Å². The lowest BCUT2D eigenvalue weighted by atomic mass is 10.0. The Morgan fingerprint density at radius 1 is 1.10 bits per heavy atom. The molecule has 0 unspecified atom stereocenters. The second-order valence-corrected chi connectivity index (χ2v) is 4.99. The largest absolute Gasteiger partial charge is 0.480 e. The third-order valence-electron chi connectivity index (χ3n) is 3.51. The quantitative estimate of drug-likeness (QED) is 0.938. The van der Waals surface area contributed by atoms with E-state index in [1.165, 1.54) is 6.07 Å². The molecule has 0 amide bonds. The fraction of sp³-hybridized carbons (Fsp3) is 0.294. The van der Waals surface area contributed by atoms with E-state index in [1.807, 2.05) is 30.3 Å². The summed E-state index contributed by atoms with van der Waals surface area (Å²) in [5.41, 5.74) is 0.981. The average molecular weight is 287 g/mol. The Morgan fingerprint density at radius 2 is 1.86 bits per heavy atom. The number of halogens is 1. The second kappa shape index (κ2) is 6.70. The zero-order valence-corrected chi connectivity index (χ0v) is 11.7. The second-order valence-electron chi connectivity index (χ2n) is 4.99. The maximum atomic E-state index is 13.9. The minimum absolute atomic E-state index is 0.138. The van der Waals surface area contributed by atoms with Crippen LogP contribution in [0.2, 0.25) is 0 Å². The Kier molecular flexibility index (Phi) is 4.48. The Morgan fingerprint density at radius 3 is 2.57 bits per heavy atom. The normalized spacial score (nSPS) is 20.0. The molecule has 1 N–H and O–H groups in total. The highest BCUT2D eigenvalue weighted by atomic mass is 19.1.